The number of amides is 1. The SMILES string of the molecule is CC(C)c1ccc(NC(=O)c2n[nH]n3c2nc(=O)c2cc(F)ccc23)cc1. The second-order valence-electron chi connectivity index (χ2n) is 6.53. The summed E-state index contributed by atoms with van der Waals surface area (Å²) in [6, 6.07) is 11.3. The predicted octanol–water partition coefficient (Wildman–Crippen LogP) is 3.09. The number of rotatable bonds is 3. The molecule has 0 spiro atoms. The molecule has 0 aliphatic rings. The summed E-state index contributed by atoms with van der Waals surface area (Å²) in [5, 5.41) is 9.48. The summed E-state index contributed by atoms with van der Waals surface area (Å²) < 4.78 is 14.8. The lowest BCUT2D eigenvalue weighted by Gasteiger charge is -2.07. The number of halogens is 1. The van der Waals surface area contributed by atoms with Gasteiger partial charge in [0.25, 0.3) is 11.5 Å². The van der Waals surface area contributed by atoms with E-state index in [9.17, 15) is 14.0 Å². The van der Waals surface area contributed by atoms with Gasteiger partial charge in [-0.3, -0.25) is 9.59 Å². The maximum Gasteiger partial charge on any atom is 0.281 e. The number of benzene rings is 2. The van der Waals surface area contributed by atoms with E-state index in [1.165, 1.54) is 16.6 Å². The Bertz CT molecular complexity index is 1220. The van der Waals surface area contributed by atoms with Crippen molar-refractivity contribution >= 4 is 28.1 Å². The minimum Gasteiger partial charge on any atom is -0.320 e. The Morgan fingerprint density at radius 2 is 1.93 bits per heavy atom. The van der Waals surface area contributed by atoms with Crippen molar-refractivity contribution in [3.05, 3.63) is 69.9 Å². The molecule has 2 aromatic heterocycles. The summed E-state index contributed by atoms with van der Waals surface area (Å²) in [7, 11) is 0. The maximum atomic E-state index is 13.4. The van der Waals surface area contributed by atoms with Crippen molar-refractivity contribution in [2.24, 2.45) is 0 Å². The van der Waals surface area contributed by atoms with E-state index in [2.05, 4.69) is 34.5 Å². The number of carbonyl (C=O) groups is 1. The van der Waals surface area contributed by atoms with Crippen LogP contribution in [-0.2, 0) is 0 Å². The number of nitrogens with one attached hydrogen (secondary N) is 2. The highest BCUT2D eigenvalue weighted by atomic mass is 19.1. The molecule has 7 nitrogen and oxygen atoms in total. The molecular weight excluding hydrogens is 349 g/mol. The van der Waals surface area contributed by atoms with Crippen LogP contribution in [0.2, 0.25) is 0 Å². The molecule has 2 aromatic carbocycles. The molecule has 0 saturated carbocycles. The van der Waals surface area contributed by atoms with E-state index in [1.54, 1.807) is 12.1 Å². The average molecular weight is 365 g/mol. The van der Waals surface area contributed by atoms with E-state index in [0.717, 1.165) is 11.6 Å². The van der Waals surface area contributed by atoms with Crippen LogP contribution in [0.15, 0.2) is 47.3 Å². The molecule has 0 atom stereocenters. The van der Waals surface area contributed by atoms with Gasteiger partial charge in [-0.05, 0) is 41.8 Å². The van der Waals surface area contributed by atoms with Crippen molar-refractivity contribution in [2.45, 2.75) is 19.8 Å². The van der Waals surface area contributed by atoms with Crippen LogP contribution in [0.25, 0.3) is 16.6 Å². The molecule has 136 valence electrons. The minimum absolute atomic E-state index is 0.0220. The van der Waals surface area contributed by atoms with Gasteiger partial charge in [-0.2, -0.15) is 4.98 Å². The van der Waals surface area contributed by atoms with E-state index in [4.69, 9.17) is 0 Å². The third-order valence-corrected chi connectivity index (χ3v) is 4.37. The Hall–Kier alpha value is -3.55. The number of H-pyrrole nitrogens is 1. The van der Waals surface area contributed by atoms with Gasteiger partial charge in [-0.1, -0.05) is 26.0 Å². The summed E-state index contributed by atoms with van der Waals surface area (Å²) >= 11 is 0. The fraction of sp³-hybridized carbons (Fsp3) is 0.158. The molecule has 0 saturated heterocycles. The second-order valence-corrected chi connectivity index (χ2v) is 6.53. The van der Waals surface area contributed by atoms with Crippen LogP contribution in [0.5, 0.6) is 0 Å². The first-order valence-corrected chi connectivity index (χ1v) is 8.42. The summed E-state index contributed by atoms with van der Waals surface area (Å²) in [6.07, 6.45) is 0. The number of carbonyl (C=O) groups excluding carboxylic acids is 1. The molecule has 0 aliphatic carbocycles. The lowest BCUT2D eigenvalue weighted by molar-refractivity contribution is 0.102. The van der Waals surface area contributed by atoms with Crippen molar-refractivity contribution in [2.75, 3.05) is 5.32 Å². The number of hydrogen-bond donors (Lipinski definition) is 2. The number of aromatic nitrogens is 4. The van der Waals surface area contributed by atoms with Gasteiger partial charge in [0.2, 0.25) is 0 Å². The highest BCUT2D eigenvalue weighted by Crippen LogP contribution is 2.19. The minimum atomic E-state index is -0.624. The van der Waals surface area contributed by atoms with Crippen LogP contribution in [-0.4, -0.2) is 25.7 Å². The van der Waals surface area contributed by atoms with Crippen molar-refractivity contribution < 1.29 is 9.18 Å². The summed E-state index contributed by atoms with van der Waals surface area (Å²) in [4.78, 5) is 28.7. The molecule has 4 rings (SSSR count). The van der Waals surface area contributed by atoms with Gasteiger partial charge in [-0.25, -0.2) is 14.1 Å². The van der Waals surface area contributed by atoms with Crippen LogP contribution in [0, 0.1) is 5.82 Å². The first kappa shape index (κ1) is 16.9. The molecule has 2 heterocycles. The molecular formula is C19H16FN5O2. The van der Waals surface area contributed by atoms with Crippen LogP contribution in [0.3, 0.4) is 0 Å². The fourth-order valence-electron chi connectivity index (χ4n) is 2.90. The number of aromatic amines is 1. The predicted molar refractivity (Wildman–Crippen MR) is 99.6 cm³/mol. The summed E-state index contributed by atoms with van der Waals surface area (Å²) in [5.74, 6) is -0.651. The Balaban J connectivity index is 1.73. The topological polar surface area (TPSA) is 92.2 Å². The molecule has 0 fully saturated rings. The largest absolute Gasteiger partial charge is 0.320 e. The smallest absolute Gasteiger partial charge is 0.281 e. The van der Waals surface area contributed by atoms with Gasteiger partial charge in [0, 0.05) is 5.69 Å². The third-order valence-electron chi connectivity index (χ3n) is 4.37. The van der Waals surface area contributed by atoms with Crippen LogP contribution in [0.4, 0.5) is 10.1 Å². The van der Waals surface area contributed by atoms with Gasteiger partial charge >= 0.3 is 0 Å². The average Bonchev–Trinajstić information content (AvgIpc) is 3.06. The number of nitrogens with zero attached hydrogens (tertiary/aromatic N) is 3. The first-order chi connectivity index (χ1) is 12.9. The van der Waals surface area contributed by atoms with E-state index >= 15 is 0 Å². The van der Waals surface area contributed by atoms with Gasteiger partial charge in [0.05, 0.1) is 10.9 Å². The lowest BCUT2D eigenvalue weighted by Crippen LogP contribution is -2.16. The standard InChI is InChI=1S/C19H16FN5O2/c1-10(2)11-3-6-13(7-4-11)21-19(27)16-17-22-18(26)14-9-12(20)5-8-15(14)25(17)24-23-16/h3-10,24H,1-2H3,(H,21,27). The number of hydrogen-bond acceptors (Lipinski definition) is 4. The molecule has 1 amide bonds. The molecule has 0 unspecified atom stereocenters. The zero-order valence-electron chi connectivity index (χ0n) is 14.7. The van der Waals surface area contributed by atoms with Crippen molar-refractivity contribution in [3.8, 4) is 0 Å². The molecule has 0 radical (unpaired) electrons. The number of fused-ring (bicyclic) bond motifs is 3. The number of anilines is 1. The Morgan fingerprint density at radius 3 is 2.63 bits per heavy atom. The zero-order valence-corrected chi connectivity index (χ0v) is 14.7. The first-order valence-electron chi connectivity index (χ1n) is 8.42. The highest BCUT2D eigenvalue weighted by molar-refractivity contribution is 6.07. The molecule has 4 aromatic rings. The fourth-order valence-corrected chi connectivity index (χ4v) is 2.90. The van der Waals surface area contributed by atoms with Gasteiger partial charge in [0.15, 0.2) is 11.3 Å². The van der Waals surface area contributed by atoms with Crippen LogP contribution in [0.1, 0.15) is 35.8 Å². The second kappa shape index (κ2) is 6.31. The van der Waals surface area contributed by atoms with Crippen molar-refractivity contribution in [1.29, 1.82) is 0 Å². The van der Waals surface area contributed by atoms with E-state index in [0.29, 0.717) is 17.1 Å². The quantitative estimate of drug-likeness (QED) is 0.584. The van der Waals surface area contributed by atoms with E-state index < -0.39 is 17.3 Å². The monoisotopic (exact) mass is 365 g/mol. The van der Waals surface area contributed by atoms with Gasteiger partial charge in [-0.15, -0.1) is 5.10 Å². The lowest BCUT2D eigenvalue weighted by atomic mass is 10.0. The van der Waals surface area contributed by atoms with Crippen LogP contribution < -0.4 is 10.9 Å². The summed E-state index contributed by atoms with van der Waals surface area (Å²) in [5.41, 5.74) is 1.59. The van der Waals surface area contributed by atoms with Crippen LogP contribution >= 0.6 is 0 Å². The molecule has 0 bridgehead atoms. The molecule has 27 heavy (non-hydrogen) atoms. The Morgan fingerprint density at radius 1 is 1.19 bits per heavy atom. The van der Waals surface area contributed by atoms with Crippen molar-refractivity contribution in [3.63, 3.8) is 0 Å². The van der Waals surface area contributed by atoms with E-state index in [1.807, 2.05) is 12.1 Å². The molecule has 2 N–H and O–H groups in total. The molecule has 0 aliphatic heterocycles. The summed E-state index contributed by atoms with van der Waals surface area (Å²) in [6.45, 7) is 4.17. The van der Waals surface area contributed by atoms with Gasteiger partial charge in [0.1, 0.15) is 5.82 Å². The Labute approximate surface area is 152 Å². The highest BCUT2D eigenvalue weighted by Gasteiger charge is 2.18. The Kier molecular flexibility index (Phi) is 3.95. The maximum absolute atomic E-state index is 13.4. The molecule has 8 heteroatoms. The van der Waals surface area contributed by atoms with Crippen molar-refractivity contribution in [1.82, 2.24) is 19.8 Å². The van der Waals surface area contributed by atoms with E-state index in [-0.39, 0.29) is 16.7 Å². The third kappa shape index (κ3) is 2.95. The normalized spacial score (nSPS) is 11.4. The zero-order chi connectivity index (χ0) is 19.1. The van der Waals surface area contributed by atoms with Gasteiger partial charge < -0.3 is 5.32 Å².